The number of aromatic nitrogens is 2. The number of piperidine rings is 1. The topological polar surface area (TPSA) is 78.4 Å². The number of anilines is 2. The first-order valence-electron chi connectivity index (χ1n) is 12.7. The summed E-state index contributed by atoms with van der Waals surface area (Å²) in [7, 11) is 0. The summed E-state index contributed by atoms with van der Waals surface area (Å²) < 4.78 is 44.9. The number of rotatable bonds is 7. The van der Waals surface area contributed by atoms with Gasteiger partial charge in [-0.3, -0.25) is 4.79 Å². The number of nitrogens with one attached hydrogen (secondary N) is 1. The summed E-state index contributed by atoms with van der Waals surface area (Å²) in [4.78, 5) is 22.8. The number of carboxylic acids is 1. The zero-order valence-electron chi connectivity index (χ0n) is 21.0. The van der Waals surface area contributed by atoms with E-state index in [9.17, 15) is 23.1 Å². The molecule has 1 atom stereocenters. The zero-order valence-corrected chi connectivity index (χ0v) is 21.8. The van der Waals surface area contributed by atoms with E-state index in [4.69, 9.17) is 0 Å². The molecule has 2 N–H and O–H groups in total. The third-order valence-electron chi connectivity index (χ3n) is 7.47. The maximum absolute atomic E-state index is 14.0. The lowest BCUT2D eigenvalue weighted by atomic mass is 9.77. The van der Waals surface area contributed by atoms with Crippen molar-refractivity contribution in [3.05, 3.63) is 65.7 Å². The highest BCUT2D eigenvalue weighted by Crippen LogP contribution is 2.44. The molecule has 0 radical (unpaired) electrons. The molecular weight excluding hydrogens is 513 g/mol. The summed E-state index contributed by atoms with van der Waals surface area (Å²) in [5.74, 6) is 0.395. The van der Waals surface area contributed by atoms with E-state index >= 15 is 0 Å². The minimum atomic E-state index is -4.53. The van der Waals surface area contributed by atoms with Gasteiger partial charge in [-0.2, -0.15) is 13.2 Å². The van der Waals surface area contributed by atoms with Crippen molar-refractivity contribution in [2.24, 2.45) is 5.41 Å². The molecule has 3 heterocycles. The summed E-state index contributed by atoms with van der Waals surface area (Å²) in [5, 5.41) is 10.2. The Labute approximate surface area is 223 Å². The number of carbonyl (C=O) groups is 1. The molecule has 0 unspecified atom stereocenters. The first-order valence-corrected chi connectivity index (χ1v) is 13.5. The average Bonchev–Trinajstić information content (AvgIpc) is 2.86. The van der Waals surface area contributed by atoms with Crippen LogP contribution in [0.15, 0.2) is 59.6 Å². The van der Waals surface area contributed by atoms with Crippen molar-refractivity contribution in [2.45, 2.75) is 56.1 Å². The molecule has 1 aromatic carbocycles. The Kier molecular flexibility index (Phi) is 7.26. The highest BCUT2D eigenvalue weighted by atomic mass is 32.2. The number of nitrogens with zero attached hydrogens (tertiary/aromatic N) is 3. The van der Waals surface area contributed by atoms with Gasteiger partial charge in [-0.05, 0) is 68.4 Å². The van der Waals surface area contributed by atoms with Gasteiger partial charge >= 0.3 is 12.1 Å². The molecule has 3 aromatic rings. The van der Waals surface area contributed by atoms with Crippen LogP contribution in [0.25, 0.3) is 11.3 Å². The standard InChI is InChI=1S/C28H29F3N4O2S/c1-27(26(36)37)15-6-16-35(17-27)23-11-5-12-24(33-23)38-34-22-14-13-21(28(29,30)31)25(32-22)20-10-3-2-9-19(20)18-7-4-8-18/h2-3,5,9-14,18H,4,6-8,15-17H2,1H3,(H,32,34)(H,36,37)/t27-/m1/s1. The maximum atomic E-state index is 14.0. The quantitative estimate of drug-likeness (QED) is 0.305. The van der Waals surface area contributed by atoms with E-state index in [0.29, 0.717) is 41.7 Å². The Balaban J connectivity index is 1.38. The van der Waals surface area contributed by atoms with E-state index in [-0.39, 0.29) is 11.6 Å². The minimum absolute atomic E-state index is 0.0754. The van der Waals surface area contributed by atoms with Crippen molar-refractivity contribution in [2.75, 3.05) is 22.7 Å². The number of halogens is 3. The van der Waals surface area contributed by atoms with Crippen molar-refractivity contribution in [1.29, 1.82) is 0 Å². The third-order valence-corrected chi connectivity index (χ3v) is 8.22. The largest absolute Gasteiger partial charge is 0.481 e. The second-order valence-electron chi connectivity index (χ2n) is 10.2. The molecule has 1 aliphatic carbocycles. The molecule has 2 aliphatic rings. The molecule has 1 saturated carbocycles. The lowest BCUT2D eigenvalue weighted by molar-refractivity contribution is -0.148. The molecule has 2 fully saturated rings. The van der Waals surface area contributed by atoms with Gasteiger partial charge in [0.15, 0.2) is 0 Å². The fourth-order valence-electron chi connectivity index (χ4n) is 5.09. The SMILES string of the molecule is C[C@@]1(C(=O)O)CCCN(c2cccc(SNc3ccc(C(F)(F)F)c(-c4ccccc4C4CCC4)n3)n2)C1. The average molecular weight is 543 g/mol. The van der Waals surface area contributed by atoms with Crippen LogP contribution in [0.1, 0.15) is 56.1 Å². The van der Waals surface area contributed by atoms with E-state index in [2.05, 4.69) is 14.7 Å². The number of pyridine rings is 2. The highest BCUT2D eigenvalue weighted by molar-refractivity contribution is 8.00. The van der Waals surface area contributed by atoms with Crippen LogP contribution in [0.2, 0.25) is 0 Å². The van der Waals surface area contributed by atoms with Crippen molar-refractivity contribution in [1.82, 2.24) is 9.97 Å². The fraction of sp³-hybridized carbons (Fsp3) is 0.393. The lowest BCUT2D eigenvalue weighted by Gasteiger charge is -2.38. The Hall–Kier alpha value is -3.27. The van der Waals surface area contributed by atoms with Crippen LogP contribution < -0.4 is 9.62 Å². The highest BCUT2D eigenvalue weighted by Gasteiger charge is 2.38. The Morgan fingerprint density at radius 1 is 1.08 bits per heavy atom. The van der Waals surface area contributed by atoms with Gasteiger partial charge in [-0.1, -0.05) is 36.8 Å². The summed E-state index contributed by atoms with van der Waals surface area (Å²) in [5.41, 5.74) is -0.242. The summed E-state index contributed by atoms with van der Waals surface area (Å²) >= 11 is 1.15. The second kappa shape index (κ2) is 10.5. The first-order chi connectivity index (χ1) is 18.1. The van der Waals surface area contributed by atoms with Crippen LogP contribution in [-0.2, 0) is 11.0 Å². The van der Waals surface area contributed by atoms with E-state index in [1.807, 2.05) is 29.2 Å². The van der Waals surface area contributed by atoms with Crippen LogP contribution in [-0.4, -0.2) is 34.1 Å². The number of hydrogen-bond acceptors (Lipinski definition) is 6. The predicted molar refractivity (Wildman–Crippen MR) is 142 cm³/mol. The van der Waals surface area contributed by atoms with Gasteiger partial charge in [-0.25, -0.2) is 9.97 Å². The van der Waals surface area contributed by atoms with E-state index in [1.165, 1.54) is 6.07 Å². The number of benzene rings is 1. The van der Waals surface area contributed by atoms with Gasteiger partial charge in [0.05, 0.1) is 16.7 Å². The van der Waals surface area contributed by atoms with Gasteiger partial charge in [0.25, 0.3) is 0 Å². The molecule has 0 spiro atoms. The lowest BCUT2D eigenvalue weighted by Crippen LogP contribution is -2.46. The van der Waals surface area contributed by atoms with Gasteiger partial charge in [0, 0.05) is 30.6 Å². The summed E-state index contributed by atoms with van der Waals surface area (Å²) in [6.45, 7) is 2.82. The van der Waals surface area contributed by atoms with Gasteiger partial charge < -0.3 is 14.7 Å². The van der Waals surface area contributed by atoms with Crippen LogP contribution >= 0.6 is 11.9 Å². The fourth-order valence-corrected chi connectivity index (χ4v) is 5.70. The van der Waals surface area contributed by atoms with Crippen LogP contribution in [0.4, 0.5) is 24.8 Å². The van der Waals surface area contributed by atoms with Crippen molar-refractivity contribution < 1.29 is 23.1 Å². The molecule has 1 aliphatic heterocycles. The number of carboxylic acid groups (broad SMARTS) is 1. The molecule has 1 saturated heterocycles. The molecule has 200 valence electrons. The monoisotopic (exact) mass is 542 g/mol. The number of aliphatic carboxylic acids is 1. The Bertz CT molecular complexity index is 1330. The predicted octanol–water partition coefficient (Wildman–Crippen LogP) is 7.24. The van der Waals surface area contributed by atoms with Crippen molar-refractivity contribution in [3.63, 3.8) is 0 Å². The Morgan fingerprint density at radius 2 is 1.87 bits per heavy atom. The van der Waals surface area contributed by atoms with Crippen LogP contribution in [0.3, 0.4) is 0 Å². The third kappa shape index (κ3) is 5.45. The Morgan fingerprint density at radius 3 is 2.58 bits per heavy atom. The molecule has 5 rings (SSSR count). The maximum Gasteiger partial charge on any atom is 0.418 e. The van der Waals surface area contributed by atoms with Gasteiger partial charge in [-0.15, -0.1) is 0 Å². The molecular formula is C28H29F3N4O2S. The molecule has 0 amide bonds. The van der Waals surface area contributed by atoms with Crippen LogP contribution in [0, 0.1) is 5.41 Å². The minimum Gasteiger partial charge on any atom is -0.481 e. The summed E-state index contributed by atoms with van der Waals surface area (Å²) in [6.07, 6.45) is -0.153. The van der Waals surface area contributed by atoms with Gasteiger partial charge in [0.2, 0.25) is 0 Å². The number of hydrogen-bond donors (Lipinski definition) is 2. The summed E-state index contributed by atoms with van der Waals surface area (Å²) in [6, 6.07) is 15.1. The van der Waals surface area contributed by atoms with E-state index < -0.39 is 23.1 Å². The molecule has 2 aromatic heterocycles. The zero-order chi connectivity index (χ0) is 26.9. The molecule has 38 heavy (non-hydrogen) atoms. The molecule has 0 bridgehead atoms. The molecule has 6 nitrogen and oxygen atoms in total. The second-order valence-corrected chi connectivity index (χ2v) is 11.1. The van der Waals surface area contributed by atoms with Crippen molar-refractivity contribution in [3.8, 4) is 11.3 Å². The molecule has 10 heteroatoms. The van der Waals surface area contributed by atoms with Crippen molar-refractivity contribution >= 4 is 29.6 Å². The smallest absolute Gasteiger partial charge is 0.418 e. The van der Waals surface area contributed by atoms with E-state index in [1.54, 1.807) is 25.1 Å². The van der Waals surface area contributed by atoms with Gasteiger partial charge in [0.1, 0.15) is 16.7 Å². The van der Waals surface area contributed by atoms with Crippen LogP contribution in [0.5, 0.6) is 0 Å². The van der Waals surface area contributed by atoms with E-state index in [0.717, 1.165) is 49.3 Å². The first kappa shape index (κ1) is 26.3. The normalized spacial score (nSPS) is 20.2. The number of alkyl halides is 3.